The van der Waals surface area contributed by atoms with Crippen molar-refractivity contribution in [3.8, 4) is 0 Å². The van der Waals surface area contributed by atoms with Crippen LogP contribution in [0.1, 0.15) is 45.4 Å². The molecular formula is C17H29N3O2. The standard InChI is InChI=1S/C17H29N3O2/c1-14-5-2-3-8-20(14)16(21)13-18-9-11-19(12-10-18)17(22)15-6-4-7-15/h14-15H,2-13H2,1H3. The van der Waals surface area contributed by atoms with E-state index in [4.69, 9.17) is 0 Å². The number of rotatable bonds is 3. The van der Waals surface area contributed by atoms with Gasteiger partial charge in [0.1, 0.15) is 0 Å². The van der Waals surface area contributed by atoms with Crippen molar-refractivity contribution < 1.29 is 9.59 Å². The first-order valence-corrected chi connectivity index (χ1v) is 8.96. The smallest absolute Gasteiger partial charge is 0.236 e. The molecule has 0 aromatic heterocycles. The molecule has 22 heavy (non-hydrogen) atoms. The van der Waals surface area contributed by atoms with E-state index in [1.54, 1.807) is 0 Å². The third kappa shape index (κ3) is 3.45. The van der Waals surface area contributed by atoms with E-state index < -0.39 is 0 Å². The van der Waals surface area contributed by atoms with Gasteiger partial charge >= 0.3 is 0 Å². The van der Waals surface area contributed by atoms with E-state index >= 15 is 0 Å². The zero-order valence-corrected chi connectivity index (χ0v) is 13.8. The second-order valence-electron chi connectivity index (χ2n) is 7.16. The second kappa shape index (κ2) is 6.99. The fraction of sp³-hybridized carbons (Fsp3) is 0.882. The number of hydrogen-bond donors (Lipinski definition) is 0. The second-order valence-corrected chi connectivity index (χ2v) is 7.16. The van der Waals surface area contributed by atoms with E-state index in [2.05, 4.69) is 16.7 Å². The van der Waals surface area contributed by atoms with Crippen molar-refractivity contribution in [2.45, 2.75) is 51.5 Å². The predicted octanol–water partition coefficient (Wildman–Crippen LogP) is 1.33. The first-order valence-electron chi connectivity index (χ1n) is 8.96. The summed E-state index contributed by atoms with van der Waals surface area (Å²) in [5, 5.41) is 0. The molecule has 2 saturated heterocycles. The summed E-state index contributed by atoms with van der Waals surface area (Å²) in [5.41, 5.74) is 0. The van der Waals surface area contributed by atoms with Crippen LogP contribution in [0.15, 0.2) is 0 Å². The molecule has 3 rings (SSSR count). The van der Waals surface area contributed by atoms with Crippen LogP contribution in [-0.4, -0.2) is 71.8 Å². The van der Waals surface area contributed by atoms with E-state index in [0.717, 1.165) is 58.4 Å². The Labute approximate surface area is 133 Å². The highest BCUT2D eigenvalue weighted by molar-refractivity contribution is 5.80. The minimum Gasteiger partial charge on any atom is -0.340 e. The largest absolute Gasteiger partial charge is 0.340 e. The fourth-order valence-corrected chi connectivity index (χ4v) is 3.79. The number of amides is 2. The molecule has 0 aromatic rings. The highest BCUT2D eigenvalue weighted by Crippen LogP contribution is 2.28. The van der Waals surface area contributed by atoms with Gasteiger partial charge in [-0.15, -0.1) is 0 Å². The van der Waals surface area contributed by atoms with Crippen LogP contribution in [0.4, 0.5) is 0 Å². The van der Waals surface area contributed by atoms with Crippen LogP contribution < -0.4 is 0 Å². The van der Waals surface area contributed by atoms with E-state index in [1.165, 1.54) is 12.8 Å². The van der Waals surface area contributed by atoms with E-state index in [9.17, 15) is 9.59 Å². The molecule has 1 aliphatic carbocycles. The Balaban J connectivity index is 1.43. The number of carbonyl (C=O) groups is 2. The summed E-state index contributed by atoms with van der Waals surface area (Å²) in [6.07, 6.45) is 6.87. The molecule has 3 fully saturated rings. The Kier molecular flexibility index (Phi) is 5.01. The number of nitrogens with zero attached hydrogens (tertiary/aromatic N) is 3. The zero-order valence-electron chi connectivity index (χ0n) is 13.8. The van der Waals surface area contributed by atoms with Crippen LogP contribution in [0.3, 0.4) is 0 Å². The molecule has 0 bridgehead atoms. The minimum atomic E-state index is 0.269. The fourth-order valence-electron chi connectivity index (χ4n) is 3.79. The molecule has 2 aliphatic heterocycles. The Hall–Kier alpha value is -1.10. The van der Waals surface area contributed by atoms with E-state index in [0.29, 0.717) is 24.4 Å². The van der Waals surface area contributed by atoms with Crippen LogP contribution >= 0.6 is 0 Å². The van der Waals surface area contributed by atoms with Gasteiger partial charge in [-0.2, -0.15) is 0 Å². The number of carbonyl (C=O) groups excluding carboxylic acids is 2. The van der Waals surface area contributed by atoms with Crippen LogP contribution in [0, 0.1) is 5.92 Å². The van der Waals surface area contributed by atoms with Crippen molar-refractivity contribution in [2.75, 3.05) is 39.3 Å². The van der Waals surface area contributed by atoms with Gasteiger partial charge in [0.15, 0.2) is 0 Å². The average molecular weight is 307 g/mol. The maximum absolute atomic E-state index is 12.5. The van der Waals surface area contributed by atoms with Crippen molar-refractivity contribution in [3.63, 3.8) is 0 Å². The molecule has 0 N–H and O–H groups in total. The monoisotopic (exact) mass is 307 g/mol. The van der Waals surface area contributed by atoms with Gasteiger partial charge in [-0.3, -0.25) is 14.5 Å². The molecule has 5 nitrogen and oxygen atoms in total. The molecule has 1 saturated carbocycles. The molecule has 1 unspecified atom stereocenters. The predicted molar refractivity (Wildman–Crippen MR) is 85.4 cm³/mol. The summed E-state index contributed by atoms with van der Waals surface area (Å²) in [6, 6.07) is 0.391. The van der Waals surface area contributed by atoms with Gasteiger partial charge in [0, 0.05) is 44.7 Å². The van der Waals surface area contributed by atoms with Gasteiger partial charge in [0.25, 0.3) is 0 Å². The lowest BCUT2D eigenvalue weighted by Gasteiger charge is -2.39. The number of piperidine rings is 1. The normalized spacial score (nSPS) is 27.6. The molecule has 3 aliphatic rings. The molecule has 1 atom stereocenters. The first-order chi connectivity index (χ1) is 10.6. The van der Waals surface area contributed by atoms with Gasteiger partial charge in [-0.05, 0) is 39.0 Å². The number of piperazine rings is 1. The topological polar surface area (TPSA) is 43.9 Å². The van der Waals surface area contributed by atoms with Crippen molar-refractivity contribution in [2.24, 2.45) is 5.92 Å². The molecular weight excluding hydrogens is 278 g/mol. The SMILES string of the molecule is CC1CCCCN1C(=O)CN1CCN(C(=O)C2CCC2)CC1. The molecule has 0 spiro atoms. The number of hydrogen-bond acceptors (Lipinski definition) is 3. The lowest BCUT2D eigenvalue weighted by molar-refractivity contribution is -0.141. The molecule has 2 heterocycles. The van der Waals surface area contributed by atoms with Gasteiger partial charge in [-0.25, -0.2) is 0 Å². The summed E-state index contributed by atoms with van der Waals surface area (Å²) >= 11 is 0. The van der Waals surface area contributed by atoms with Crippen LogP contribution in [0.2, 0.25) is 0 Å². The molecule has 124 valence electrons. The van der Waals surface area contributed by atoms with Gasteiger partial charge in [-0.1, -0.05) is 6.42 Å². The summed E-state index contributed by atoms with van der Waals surface area (Å²) < 4.78 is 0. The van der Waals surface area contributed by atoms with Gasteiger partial charge < -0.3 is 9.80 Å². The van der Waals surface area contributed by atoms with Gasteiger partial charge in [0.05, 0.1) is 6.54 Å². The van der Waals surface area contributed by atoms with Crippen LogP contribution in [0.5, 0.6) is 0 Å². The van der Waals surface area contributed by atoms with Crippen LogP contribution in [0.25, 0.3) is 0 Å². The Morgan fingerprint density at radius 2 is 1.64 bits per heavy atom. The summed E-state index contributed by atoms with van der Waals surface area (Å²) in [4.78, 5) is 31.0. The third-order valence-electron chi connectivity index (χ3n) is 5.62. The quantitative estimate of drug-likeness (QED) is 0.790. The summed E-state index contributed by atoms with van der Waals surface area (Å²) in [5.74, 6) is 0.912. The minimum absolute atomic E-state index is 0.269. The number of likely N-dealkylation sites (tertiary alicyclic amines) is 1. The average Bonchev–Trinajstić information content (AvgIpc) is 2.46. The Morgan fingerprint density at radius 1 is 0.909 bits per heavy atom. The van der Waals surface area contributed by atoms with Crippen molar-refractivity contribution in [3.05, 3.63) is 0 Å². The Morgan fingerprint density at radius 3 is 2.23 bits per heavy atom. The van der Waals surface area contributed by atoms with E-state index in [1.807, 2.05) is 4.90 Å². The molecule has 5 heteroatoms. The van der Waals surface area contributed by atoms with Crippen molar-refractivity contribution >= 4 is 11.8 Å². The van der Waals surface area contributed by atoms with Crippen molar-refractivity contribution in [1.29, 1.82) is 0 Å². The third-order valence-corrected chi connectivity index (χ3v) is 5.62. The molecule has 0 aromatic carbocycles. The highest BCUT2D eigenvalue weighted by atomic mass is 16.2. The van der Waals surface area contributed by atoms with E-state index in [-0.39, 0.29) is 5.91 Å². The zero-order chi connectivity index (χ0) is 15.5. The maximum atomic E-state index is 12.5. The molecule has 2 amide bonds. The van der Waals surface area contributed by atoms with Crippen molar-refractivity contribution in [1.82, 2.24) is 14.7 Å². The maximum Gasteiger partial charge on any atom is 0.236 e. The lowest BCUT2D eigenvalue weighted by atomic mass is 9.84. The lowest BCUT2D eigenvalue weighted by Crippen LogP contribution is -2.54. The van der Waals surface area contributed by atoms with Crippen LogP contribution in [-0.2, 0) is 9.59 Å². The molecule has 0 radical (unpaired) electrons. The highest BCUT2D eigenvalue weighted by Gasteiger charge is 2.32. The van der Waals surface area contributed by atoms with Gasteiger partial charge in [0.2, 0.25) is 11.8 Å². The first kappa shape index (κ1) is 15.8. The summed E-state index contributed by atoms with van der Waals surface area (Å²) in [6.45, 7) is 6.86. The summed E-state index contributed by atoms with van der Waals surface area (Å²) in [7, 11) is 0. The Bertz CT molecular complexity index is 414.